The fourth-order valence-corrected chi connectivity index (χ4v) is 2.19. The maximum absolute atomic E-state index is 11.4. The van der Waals surface area contributed by atoms with Crippen LogP contribution >= 0.6 is 0 Å². The number of aryl methyl sites for hydroxylation is 2. The molecule has 18 heavy (non-hydrogen) atoms. The Kier molecular flexibility index (Phi) is 4.35. The van der Waals surface area contributed by atoms with E-state index in [-0.39, 0.29) is 13.0 Å². The van der Waals surface area contributed by atoms with Crippen LogP contribution in [-0.2, 0) is 10.2 Å². The summed E-state index contributed by atoms with van der Waals surface area (Å²) in [4.78, 5) is 11.4. The molecule has 0 aliphatic rings. The van der Waals surface area contributed by atoms with Crippen molar-refractivity contribution in [3.63, 3.8) is 0 Å². The van der Waals surface area contributed by atoms with E-state index >= 15 is 0 Å². The minimum absolute atomic E-state index is 0.160. The zero-order valence-corrected chi connectivity index (χ0v) is 11.3. The molecule has 1 rings (SSSR count). The average Bonchev–Trinajstić information content (AvgIpc) is 2.28. The Hall–Kier alpha value is -1.55. The molecule has 0 heterocycles. The number of carbonyl (C=O) groups is 1. The van der Waals surface area contributed by atoms with Gasteiger partial charge in [-0.15, -0.1) is 0 Å². The summed E-state index contributed by atoms with van der Waals surface area (Å²) >= 11 is 0. The number of ether oxygens (including phenoxy) is 1. The van der Waals surface area contributed by atoms with E-state index in [1.807, 2.05) is 26.0 Å². The number of rotatable bonds is 5. The Bertz CT molecular complexity index is 430. The first-order chi connectivity index (χ1) is 8.36. The minimum atomic E-state index is -1.07. The molecule has 1 aromatic carbocycles. The summed E-state index contributed by atoms with van der Waals surface area (Å²) in [6.45, 7) is 5.24. The van der Waals surface area contributed by atoms with E-state index in [9.17, 15) is 9.90 Å². The zero-order chi connectivity index (χ0) is 13.9. The van der Waals surface area contributed by atoms with Gasteiger partial charge in [0, 0.05) is 6.61 Å². The number of aliphatic carboxylic acids is 1. The molecule has 0 saturated carbocycles. The van der Waals surface area contributed by atoms with Crippen LogP contribution in [0.2, 0.25) is 0 Å². The predicted octanol–water partition coefficient (Wildman–Crippen LogP) is 2.04. The highest BCUT2D eigenvalue weighted by atomic mass is 16.5. The third kappa shape index (κ3) is 2.48. The van der Waals surface area contributed by atoms with Crippen molar-refractivity contribution in [1.82, 2.24) is 0 Å². The van der Waals surface area contributed by atoms with Crippen LogP contribution in [0, 0.1) is 13.8 Å². The van der Waals surface area contributed by atoms with Gasteiger partial charge in [-0.1, -0.05) is 12.1 Å². The SMILES string of the molecule is COc1c(C)cc(C(C)(CCO)C(=O)O)cc1C. The zero-order valence-electron chi connectivity index (χ0n) is 11.3. The van der Waals surface area contributed by atoms with Gasteiger partial charge in [0.2, 0.25) is 0 Å². The van der Waals surface area contributed by atoms with Gasteiger partial charge in [0.1, 0.15) is 5.75 Å². The Morgan fingerprint density at radius 3 is 2.17 bits per heavy atom. The summed E-state index contributed by atoms with van der Waals surface area (Å²) < 4.78 is 5.27. The highest BCUT2D eigenvalue weighted by Gasteiger charge is 2.35. The molecule has 2 N–H and O–H groups in total. The van der Waals surface area contributed by atoms with Crippen molar-refractivity contribution in [2.45, 2.75) is 32.6 Å². The van der Waals surface area contributed by atoms with Crippen LogP contribution in [0.15, 0.2) is 12.1 Å². The molecule has 0 aromatic heterocycles. The van der Waals surface area contributed by atoms with E-state index in [2.05, 4.69) is 0 Å². The van der Waals surface area contributed by atoms with E-state index in [1.165, 1.54) is 0 Å². The van der Waals surface area contributed by atoms with Gasteiger partial charge in [0.15, 0.2) is 0 Å². The minimum Gasteiger partial charge on any atom is -0.496 e. The van der Waals surface area contributed by atoms with Gasteiger partial charge in [-0.25, -0.2) is 0 Å². The lowest BCUT2D eigenvalue weighted by molar-refractivity contribution is -0.143. The van der Waals surface area contributed by atoms with Crippen molar-refractivity contribution in [3.8, 4) is 5.75 Å². The quantitative estimate of drug-likeness (QED) is 0.841. The number of carboxylic acid groups (broad SMARTS) is 1. The van der Waals surface area contributed by atoms with Gasteiger partial charge < -0.3 is 14.9 Å². The lowest BCUT2D eigenvalue weighted by Gasteiger charge is -2.26. The Morgan fingerprint density at radius 2 is 1.83 bits per heavy atom. The van der Waals surface area contributed by atoms with Gasteiger partial charge in [-0.2, -0.15) is 0 Å². The molecule has 0 amide bonds. The highest BCUT2D eigenvalue weighted by Crippen LogP contribution is 2.33. The Labute approximate surface area is 107 Å². The van der Waals surface area contributed by atoms with Crippen LogP contribution in [0.25, 0.3) is 0 Å². The number of hydrogen-bond donors (Lipinski definition) is 2. The van der Waals surface area contributed by atoms with Gasteiger partial charge >= 0.3 is 5.97 Å². The molecule has 0 aliphatic carbocycles. The summed E-state index contributed by atoms with van der Waals surface area (Å²) in [6, 6.07) is 3.63. The number of hydrogen-bond acceptors (Lipinski definition) is 3. The number of benzene rings is 1. The number of methoxy groups -OCH3 is 1. The molecule has 100 valence electrons. The van der Waals surface area contributed by atoms with E-state index < -0.39 is 11.4 Å². The average molecular weight is 252 g/mol. The summed E-state index contributed by atoms with van der Waals surface area (Å²) in [5.41, 5.74) is 1.42. The topological polar surface area (TPSA) is 66.8 Å². The number of carboxylic acids is 1. The molecule has 1 unspecified atom stereocenters. The van der Waals surface area contributed by atoms with Crippen molar-refractivity contribution in [1.29, 1.82) is 0 Å². The first-order valence-electron chi connectivity index (χ1n) is 5.86. The van der Waals surface area contributed by atoms with Crippen molar-refractivity contribution in [3.05, 3.63) is 28.8 Å². The maximum Gasteiger partial charge on any atom is 0.313 e. The fraction of sp³-hybridized carbons (Fsp3) is 0.500. The molecule has 0 radical (unpaired) electrons. The van der Waals surface area contributed by atoms with Crippen LogP contribution in [0.3, 0.4) is 0 Å². The van der Waals surface area contributed by atoms with E-state index in [4.69, 9.17) is 9.84 Å². The molecule has 0 spiro atoms. The second kappa shape index (κ2) is 5.40. The van der Waals surface area contributed by atoms with E-state index in [1.54, 1.807) is 14.0 Å². The van der Waals surface area contributed by atoms with Gasteiger partial charge in [0.25, 0.3) is 0 Å². The normalized spacial score (nSPS) is 14.1. The molecule has 0 fully saturated rings. The molecule has 4 nitrogen and oxygen atoms in total. The standard InChI is InChI=1S/C14H20O4/c1-9-7-11(8-10(2)12(9)18-4)14(3,5-6-15)13(16)17/h7-8,15H,5-6H2,1-4H3,(H,16,17). The predicted molar refractivity (Wildman–Crippen MR) is 69.2 cm³/mol. The van der Waals surface area contributed by atoms with Crippen LogP contribution in [-0.4, -0.2) is 29.9 Å². The molecule has 0 aliphatic heterocycles. The molecule has 0 saturated heterocycles. The molecule has 1 atom stereocenters. The van der Waals surface area contributed by atoms with Gasteiger partial charge in [0.05, 0.1) is 12.5 Å². The summed E-state index contributed by atoms with van der Waals surface area (Å²) in [7, 11) is 1.60. The lowest BCUT2D eigenvalue weighted by atomic mass is 9.78. The number of aliphatic hydroxyl groups is 1. The smallest absolute Gasteiger partial charge is 0.313 e. The van der Waals surface area contributed by atoms with E-state index in [0.717, 1.165) is 16.9 Å². The van der Waals surface area contributed by atoms with Crippen LogP contribution < -0.4 is 4.74 Å². The molecular formula is C14H20O4. The van der Waals surface area contributed by atoms with Gasteiger partial charge in [-0.05, 0) is 43.9 Å². The Morgan fingerprint density at radius 1 is 1.33 bits per heavy atom. The second-order valence-electron chi connectivity index (χ2n) is 4.75. The highest BCUT2D eigenvalue weighted by molar-refractivity contribution is 5.81. The second-order valence-corrected chi connectivity index (χ2v) is 4.75. The lowest BCUT2D eigenvalue weighted by Crippen LogP contribution is -2.33. The van der Waals surface area contributed by atoms with Crippen molar-refractivity contribution >= 4 is 5.97 Å². The largest absolute Gasteiger partial charge is 0.496 e. The summed E-state index contributed by atoms with van der Waals surface area (Å²) in [5.74, 6) is -0.156. The summed E-state index contributed by atoms with van der Waals surface area (Å²) in [5, 5.41) is 18.4. The number of aliphatic hydroxyl groups excluding tert-OH is 1. The molecule has 0 bridgehead atoms. The molecular weight excluding hydrogens is 232 g/mol. The monoisotopic (exact) mass is 252 g/mol. The maximum atomic E-state index is 11.4. The van der Waals surface area contributed by atoms with E-state index in [0.29, 0.717) is 5.56 Å². The van der Waals surface area contributed by atoms with Crippen molar-refractivity contribution < 1.29 is 19.7 Å². The first-order valence-corrected chi connectivity index (χ1v) is 5.86. The fourth-order valence-electron chi connectivity index (χ4n) is 2.19. The van der Waals surface area contributed by atoms with Crippen LogP contribution in [0.1, 0.15) is 30.0 Å². The third-order valence-electron chi connectivity index (χ3n) is 3.39. The molecule has 1 aromatic rings. The van der Waals surface area contributed by atoms with Crippen molar-refractivity contribution in [2.75, 3.05) is 13.7 Å². The molecule has 4 heteroatoms. The summed E-state index contributed by atoms with van der Waals surface area (Å²) in [6.07, 6.45) is 0.188. The van der Waals surface area contributed by atoms with Crippen LogP contribution in [0.5, 0.6) is 5.75 Å². The third-order valence-corrected chi connectivity index (χ3v) is 3.39. The first kappa shape index (κ1) is 14.5. The van der Waals surface area contributed by atoms with Crippen LogP contribution in [0.4, 0.5) is 0 Å². The van der Waals surface area contributed by atoms with Gasteiger partial charge in [-0.3, -0.25) is 4.79 Å². The Balaban J connectivity index is 3.35. The van der Waals surface area contributed by atoms with Crippen molar-refractivity contribution in [2.24, 2.45) is 0 Å².